The highest BCUT2D eigenvalue weighted by molar-refractivity contribution is 7.92. The van der Waals surface area contributed by atoms with Gasteiger partial charge >= 0.3 is 0 Å². The van der Waals surface area contributed by atoms with Gasteiger partial charge in [-0.15, -0.1) is 0 Å². The molecule has 3 rings (SSSR count). The van der Waals surface area contributed by atoms with Crippen LogP contribution >= 0.6 is 11.6 Å². The van der Waals surface area contributed by atoms with E-state index < -0.39 is 28.5 Å². The third-order valence-electron chi connectivity index (χ3n) is 6.36. The molecule has 0 aliphatic rings. The lowest BCUT2D eigenvalue weighted by Crippen LogP contribution is -2.53. The summed E-state index contributed by atoms with van der Waals surface area (Å²) in [6, 6.07) is 19.0. The van der Waals surface area contributed by atoms with Crippen molar-refractivity contribution in [3.05, 3.63) is 88.9 Å². The van der Waals surface area contributed by atoms with Crippen molar-refractivity contribution < 1.29 is 22.7 Å². The summed E-state index contributed by atoms with van der Waals surface area (Å²) in [6.07, 6.45) is 0.329. The van der Waals surface area contributed by atoms with E-state index in [-0.39, 0.29) is 29.1 Å². The molecule has 0 heterocycles. The SMILES string of the molecule is CC[C@@H](C(=O)NC(C)C)N(Cc1cccc(OC)c1)C(=O)CN(c1ccc(C)c(Cl)c1)S(=O)(=O)c1ccccc1. The van der Waals surface area contributed by atoms with Gasteiger partial charge in [-0.1, -0.05) is 54.9 Å². The third kappa shape index (κ3) is 7.55. The Bertz CT molecular complexity index is 1430. The highest BCUT2D eigenvalue weighted by atomic mass is 35.5. The number of benzene rings is 3. The molecule has 1 N–H and O–H groups in total. The molecule has 3 aromatic carbocycles. The maximum absolute atomic E-state index is 14.1. The zero-order chi connectivity index (χ0) is 29.4. The molecule has 0 aliphatic carbocycles. The zero-order valence-corrected chi connectivity index (χ0v) is 25.0. The van der Waals surface area contributed by atoms with Gasteiger partial charge in [0.2, 0.25) is 11.8 Å². The van der Waals surface area contributed by atoms with Crippen molar-refractivity contribution in [2.75, 3.05) is 18.0 Å². The molecule has 0 aliphatic heterocycles. The molecule has 0 saturated heterocycles. The summed E-state index contributed by atoms with van der Waals surface area (Å²) in [5, 5.41) is 3.26. The van der Waals surface area contributed by atoms with Crippen LogP contribution in [0.3, 0.4) is 0 Å². The van der Waals surface area contributed by atoms with Gasteiger partial charge in [-0.3, -0.25) is 13.9 Å². The Labute approximate surface area is 241 Å². The number of halogens is 1. The molecular weight excluding hydrogens is 550 g/mol. The van der Waals surface area contributed by atoms with Crippen molar-refractivity contribution in [1.82, 2.24) is 10.2 Å². The number of hydrogen-bond donors (Lipinski definition) is 1. The number of methoxy groups -OCH3 is 1. The zero-order valence-electron chi connectivity index (χ0n) is 23.4. The van der Waals surface area contributed by atoms with Gasteiger partial charge in [-0.05, 0) is 74.7 Å². The van der Waals surface area contributed by atoms with Crippen LogP contribution in [0.4, 0.5) is 5.69 Å². The largest absolute Gasteiger partial charge is 0.497 e. The number of sulfonamides is 1. The van der Waals surface area contributed by atoms with Gasteiger partial charge in [0.05, 0.1) is 17.7 Å². The van der Waals surface area contributed by atoms with Crippen molar-refractivity contribution >= 4 is 39.1 Å². The van der Waals surface area contributed by atoms with Crippen LogP contribution in [0.25, 0.3) is 0 Å². The molecule has 0 fully saturated rings. The summed E-state index contributed by atoms with van der Waals surface area (Å²) in [5.41, 5.74) is 1.75. The van der Waals surface area contributed by atoms with E-state index in [0.717, 1.165) is 15.4 Å². The average molecular weight is 586 g/mol. The summed E-state index contributed by atoms with van der Waals surface area (Å²) < 4.78 is 34.1. The molecule has 0 unspecified atom stereocenters. The van der Waals surface area contributed by atoms with E-state index in [1.54, 1.807) is 55.6 Å². The van der Waals surface area contributed by atoms with E-state index in [1.807, 2.05) is 33.8 Å². The van der Waals surface area contributed by atoms with Crippen molar-refractivity contribution in [3.63, 3.8) is 0 Å². The second-order valence-corrected chi connectivity index (χ2v) is 12.0. The first kappa shape index (κ1) is 31.0. The molecule has 0 saturated carbocycles. The van der Waals surface area contributed by atoms with Gasteiger partial charge < -0.3 is 15.0 Å². The number of nitrogens with zero attached hydrogens (tertiary/aromatic N) is 2. The van der Waals surface area contributed by atoms with Gasteiger partial charge in [0, 0.05) is 17.6 Å². The Balaban J connectivity index is 2.08. The molecule has 8 nitrogen and oxygen atoms in total. The molecule has 3 aromatic rings. The smallest absolute Gasteiger partial charge is 0.264 e. The molecule has 1 atom stereocenters. The van der Waals surface area contributed by atoms with E-state index in [4.69, 9.17) is 16.3 Å². The van der Waals surface area contributed by atoms with Gasteiger partial charge in [0.1, 0.15) is 18.3 Å². The summed E-state index contributed by atoms with van der Waals surface area (Å²) >= 11 is 6.37. The lowest BCUT2D eigenvalue weighted by molar-refractivity contribution is -0.140. The van der Waals surface area contributed by atoms with E-state index in [0.29, 0.717) is 17.2 Å². The van der Waals surface area contributed by atoms with Gasteiger partial charge in [-0.2, -0.15) is 0 Å². The average Bonchev–Trinajstić information content (AvgIpc) is 2.93. The topological polar surface area (TPSA) is 96.0 Å². The lowest BCUT2D eigenvalue weighted by atomic mass is 10.1. The van der Waals surface area contributed by atoms with Crippen LogP contribution < -0.4 is 14.4 Å². The molecule has 40 heavy (non-hydrogen) atoms. The lowest BCUT2D eigenvalue weighted by Gasteiger charge is -2.33. The Morgan fingerprint density at radius 2 is 1.70 bits per heavy atom. The molecule has 0 bridgehead atoms. The number of hydrogen-bond acceptors (Lipinski definition) is 5. The summed E-state index contributed by atoms with van der Waals surface area (Å²) in [5.74, 6) is -0.249. The Hall–Kier alpha value is -3.56. The van der Waals surface area contributed by atoms with Crippen LogP contribution in [0.5, 0.6) is 5.75 Å². The number of amides is 2. The van der Waals surface area contributed by atoms with Crippen molar-refractivity contribution in [3.8, 4) is 5.75 Å². The monoisotopic (exact) mass is 585 g/mol. The Morgan fingerprint density at radius 3 is 2.30 bits per heavy atom. The number of rotatable bonds is 12. The maximum atomic E-state index is 14.1. The molecular formula is C30H36ClN3O5S. The normalized spacial score (nSPS) is 12.1. The van der Waals surface area contributed by atoms with E-state index in [9.17, 15) is 18.0 Å². The standard InChI is InChI=1S/C30H36ClN3O5S/c1-6-28(30(36)32-21(2)3)33(19-23-11-10-12-25(17-23)39-5)29(35)20-34(24-16-15-22(4)27(31)18-24)40(37,38)26-13-8-7-9-14-26/h7-18,21,28H,6,19-20H2,1-5H3,(H,32,36)/t28-/m0/s1. The third-order valence-corrected chi connectivity index (χ3v) is 8.55. The van der Waals surface area contributed by atoms with Gasteiger partial charge in [0.15, 0.2) is 0 Å². The Morgan fingerprint density at radius 1 is 1.00 bits per heavy atom. The number of carbonyl (C=O) groups excluding carboxylic acids is 2. The van der Waals surface area contributed by atoms with Crippen LogP contribution in [0, 0.1) is 6.92 Å². The van der Waals surface area contributed by atoms with E-state index in [1.165, 1.54) is 23.1 Å². The van der Waals surface area contributed by atoms with E-state index in [2.05, 4.69) is 5.32 Å². The summed E-state index contributed by atoms with van der Waals surface area (Å²) in [4.78, 5) is 28.8. The van der Waals surface area contributed by atoms with Crippen molar-refractivity contribution in [2.45, 2.75) is 57.6 Å². The predicted octanol–water partition coefficient (Wildman–Crippen LogP) is 5.18. The van der Waals surface area contributed by atoms with Crippen LogP contribution in [0.15, 0.2) is 77.7 Å². The fourth-order valence-corrected chi connectivity index (χ4v) is 5.85. The highest BCUT2D eigenvalue weighted by Gasteiger charge is 2.34. The van der Waals surface area contributed by atoms with Crippen LogP contribution in [-0.2, 0) is 26.2 Å². The number of aryl methyl sites for hydroxylation is 1. The number of ether oxygens (including phenoxy) is 1. The minimum atomic E-state index is -4.16. The molecule has 10 heteroatoms. The second-order valence-electron chi connectivity index (χ2n) is 9.72. The predicted molar refractivity (Wildman–Crippen MR) is 158 cm³/mol. The number of carbonyl (C=O) groups is 2. The van der Waals surface area contributed by atoms with Gasteiger partial charge in [-0.25, -0.2) is 8.42 Å². The van der Waals surface area contributed by atoms with Crippen LogP contribution in [0.2, 0.25) is 5.02 Å². The molecule has 2 amide bonds. The Kier molecular flexibility index (Phi) is 10.6. The second kappa shape index (κ2) is 13.7. The first-order valence-corrected chi connectivity index (χ1v) is 14.9. The van der Waals surface area contributed by atoms with Crippen molar-refractivity contribution in [1.29, 1.82) is 0 Å². The molecule has 0 radical (unpaired) electrons. The number of nitrogens with one attached hydrogen (secondary N) is 1. The fraction of sp³-hybridized carbons (Fsp3) is 0.333. The van der Waals surface area contributed by atoms with Crippen molar-refractivity contribution in [2.24, 2.45) is 0 Å². The number of anilines is 1. The maximum Gasteiger partial charge on any atom is 0.264 e. The summed E-state index contributed by atoms with van der Waals surface area (Å²) in [6.45, 7) is 6.85. The summed E-state index contributed by atoms with van der Waals surface area (Å²) in [7, 11) is -2.61. The highest BCUT2D eigenvalue weighted by Crippen LogP contribution is 2.29. The minimum absolute atomic E-state index is 0.0310. The first-order valence-electron chi connectivity index (χ1n) is 13.0. The molecule has 0 spiro atoms. The fourth-order valence-electron chi connectivity index (χ4n) is 4.25. The molecule has 0 aromatic heterocycles. The van der Waals surface area contributed by atoms with E-state index >= 15 is 0 Å². The quantitative estimate of drug-likeness (QED) is 0.316. The van der Waals surface area contributed by atoms with Crippen LogP contribution in [0.1, 0.15) is 38.3 Å². The first-order chi connectivity index (χ1) is 19.0. The van der Waals surface area contributed by atoms with Crippen LogP contribution in [-0.4, -0.2) is 50.9 Å². The minimum Gasteiger partial charge on any atom is -0.497 e. The molecule has 214 valence electrons. The van der Waals surface area contributed by atoms with Gasteiger partial charge in [0.25, 0.3) is 10.0 Å².